The van der Waals surface area contributed by atoms with Crippen molar-refractivity contribution in [2.24, 2.45) is 5.73 Å². The van der Waals surface area contributed by atoms with E-state index < -0.39 is 0 Å². The number of benzene rings is 1. The van der Waals surface area contributed by atoms with Crippen LogP contribution in [0, 0.1) is 6.92 Å². The molecule has 0 spiro atoms. The topological polar surface area (TPSA) is 71.4 Å². The second kappa shape index (κ2) is 8.59. The van der Waals surface area contributed by atoms with Crippen LogP contribution in [0.1, 0.15) is 43.0 Å². The lowest BCUT2D eigenvalue weighted by atomic mass is 9.99. The summed E-state index contributed by atoms with van der Waals surface area (Å²) in [4.78, 5) is 9.52. The third kappa shape index (κ3) is 4.62. The summed E-state index contributed by atoms with van der Waals surface area (Å²) in [5.74, 6) is 1.42. The average molecular weight is 392 g/mol. The van der Waals surface area contributed by atoms with Crippen LogP contribution in [0.15, 0.2) is 28.8 Å². The summed E-state index contributed by atoms with van der Waals surface area (Å²) in [6.45, 7) is 7.36. The summed E-state index contributed by atoms with van der Waals surface area (Å²) in [6.07, 6.45) is 5.05. The molecule has 2 aromatic rings. The highest BCUT2D eigenvalue weighted by Gasteiger charge is 2.35. The molecule has 0 atom stereocenters. The Morgan fingerprint density at radius 3 is 2.59 bits per heavy atom. The van der Waals surface area contributed by atoms with Crippen molar-refractivity contribution in [2.45, 2.75) is 44.6 Å². The quantitative estimate of drug-likeness (QED) is 0.844. The molecule has 0 amide bonds. The van der Waals surface area contributed by atoms with Crippen molar-refractivity contribution in [1.82, 2.24) is 15.0 Å². The molecule has 2 fully saturated rings. The molecule has 2 N–H and O–H groups in total. The summed E-state index contributed by atoms with van der Waals surface area (Å²) in [5.41, 5.74) is 8.70. The first-order valence-electron chi connectivity index (χ1n) is 9.78. The lowest BCUT2D eigenvalue weighted by Gasteiger charge is -2.36. The van der Waals surface area contributed by atoms with Crippen molar-refractivity contribution in [3.05, 3.63) is 41.5 Å². The molecule has 1 aliphatic heterocycles. The number of hydrogen-bond acceptors (Lipinski definition) is 6. The summed E-state index contributed by atoms with van der Waals surface area (Å²) < 4.78 is 5.46. The van der Waals surface area contributed by atoms with Gasteiger partial charge in [-0.15, -0.1) is 12.4 Å². The van der Waals surface area contributed by atoms with Crippen molar-refractivity contribution >= 4 is 18.1 Å². The van der Waals surface area contributed by atoms with Crippen LogP contribution >= 0.6 is 12.4 Å². The zero-order valence-corrected chi connectivity index (χ0v) is 16.9. The van der Waals surface area contributed by atoms with Gasteiger partial charge in [-0.2, -0.15) is 4.98 Å². The number of rotatable bonds is 5. The van der Waals surface area contributed by atoms with E-state index in [-0.39, 0.29) is 17.9 Å². The van der Waals surface area contributed by atoms with Crippen molar-refractivity contribution in [3.63, 3.8) is 0 Å². The number of halogens is 1. The van der Waals surface area contributed by atoms with Gasteiger partial charge in [0.25, 0.3) is 0 Å². The zero-order valence-electron chi connectivity index (χ0n) is 16.1. The Hall–Kier alpha value is -1.63. The first-order valence-corrected chi connectivity index (χ1v) is 9.78. The van der Waals surface area contributed by atoms with Crippen LogP contribution in [0.3, 0.4) is 0 Å². The maximum Gasteiger partial charge on any atom is 0.228 e. The summed E-state index contributed by atoms with van der Waals surface area (Å²) in [7, 11) is 0. The standard InChI is InChI=1S/C20H29N5O.ClH/c1-16-5-4-6-17(15-16)25-13-11-24(12-14-25)10-7-18-22-19(23-26-18)20(21)8-2-3-9-20;/h4-6,15H,2-3,7-14,21H2,1H3;1H. The summed E-state index contributed by atoms with van der Waals surface area (Å²) in [6, 6.07) is 8.75. The fraction of sp³-hybridized carbons (Fsp3) is 0.600. The highest BCUT2D eigenvalue weighted by Crippen LogP contribution is 2.34. The predicted octanol–water partition coefficient (Wildman–Crippen LogP) is 2.89. The Bertz CT molecular complexity index is 735. The lowest BCUT2D eigenvalue weighted by molar-refractivity contribution is 0.248. The first-order chi connectivity index (χ1) is 12.6. The zero-order chi connectivity index (χ0) is 18.0. The van der Waals surface area contributed by atoms with E-state index in [0.29, 0.717) is 5.82 Å². The molecule has 148 valence electrons. The van der Waals surface area contributed by atoms with Crippen LogP contribution in [-0.4, -0.2) is 47.8 Å². The monoisotopic (exact) mass is 391 g/mol. The highest BCUT2D eigenvalue weighted by molar-refractivity contribution is 5.85. The van der Waals surface area contributed by atoms with Gasteiger partial charge in [0.15, 0.2) is 5.82 Å². The third-order valence-electron chi connectivity index (χ3n) is 5.79. The molecule has 2 aliphatic rings. The van der Waals surface area contributed by atoms with Gasteiger partial charge in [-0.25, -0.2) is 0 Å². The van der Waals surface area contributed by atoms with Gasteiger partial charge in [-0.05, 0) is 37.5 Å². The van der Waals surface area contributed by atoms with Crippen LogP contribution in [0.25, 0.3) is 0 Å². The second-order valence-electron chi connectivity index (χ2n) is 7.79. The highest BCUT2D eigenvalue weighted by atomic mass is 35.5. The van der Waals surface area contributed by atoms with Gasteiger partial charge in [-0.1, -0.05) is 30.1 Å². The van der Waals surface area contributed by atoms with Crippen molar-refractivity contribution in [1.29, 1.82) is 0 Å². The Morgan fingerprint density at radius 2 is 1.89 bits per heavy atom. The van der Waals surface area contributed by atoms with Crippen LogP contribution in [0.2, 0.25) is 0 Å². The van der Waals surface area contributed by atoms with Gasteiger partial charge in [0.05, 0.1) is 5.54 Å². The average Bonchev–Trinajstić information content (AvgIpc) is 3.31. The van der Waals surface area contributed by atoms with Gasteiger partial charge < -0.3 is 15.2 Å². The molecule has 27 heavy (non-hydrogen) atoms. The fourth-order valence-corrected chi connectivity index (χ4v) is 4.10. The van der Waals surface area contributed by atoms with Crippen molar-refractivity contribution in [3.8, 4) is 0 Å². The number of aromatic nitrogens is 2. The van der Waals surface area contributed by atoms with Gasteiger partial charge >= 0.3 is 0 Å². The molecule has 1 saturated heterocycles. The van der Waals surface area contributed by atoms with Crippen molar-refractivity contribution < 1.29 is 4.52 Å². The van der Waals surface area contributed by atoms with E-state index >= 15 is 0 Å². The molecule has 1 aliphatic carbocycles. The molecule has 7 heteroatoms. The molecule has 4 rings (SSSR count). The summed E-state index contributed by atoms with van der Waals surface area (Å²) >= 11 is 0. The smallest absolute Gasteiger partial charge is 0.228 e. The van der Waals surface area contributed by atoms with E-state index in [4.69, 9.17) is 10.3 Å². The van der Waals surface area contributed by atoms with Gasteiger partial charge in [0.2, 0.25) is 5.89 Å². The molecule has 0 unspecified atom stereocenters. The van der Waals surface area contributed by atoms with Crippen LogP contribution in [0.4, 0.5) is 5.69 Å². The molecule has 0 bridgehead atoms. The molecule has 6 nitrogen and oxygen atoms in total. The molecule has 0 radical (unpaired) electrons. The largest absolute Gasteiger partial charge is 0.369 e. The Labute approximate surface area is 167 Å². The molecular formula is C20H30ClN5O. The van der Waals surface area contributed by atoms with Gasteiger partial charge in [0, 0.05) is 44.8 Å². The molecule has 2 heterocycles. The molecule has 1 aromatic carbocycles. The maximum atomic E-state index is 6.41. The van der Waals surface area contributed by atoms with Crippen LogP contribution in [0.5, 0.6) is 0 Å². The van der Waals surface area contributed by atoms with Crippen molar-refractivity contribution in [2.75, 3.05) is 37.6 Å². The maximum absolute atomic E-state index is 6.41. The van der Waals surface area contributed by atoms with Gasteiger partial charge in [0.1, 0.15) is 0 Å². The minimum absolute atomic E-state index is 0. The normalized spacial score (nSPS) is 19.9. The lowest BCUT2D eigenvalue weighted by Crippen LogP contribution is -2.47. The van der Waals surface area contributed by atoms with Gasteiger partial charge in [-0.3, -0.25) is 4.90 Å². The fourth-order valence-electron chi connectivity index (χ4n) is 4.10. The van der Waals surface area contributed by atoms with E-state index in [1.165, 1.54) is 11.3 Å². The molecular weight excluding hydrogens is 362 g/mol. The number of aryl methyl sites for hydroxylation is 1. The number of nitrogens with zero attached hydrogens (tertiary/aromatic N) is 4. The Kier molecular flexibility index (Phi) is 6.40. The Morgan fingerprint density at radius 1 is 1.15 bits per heavy atom. The van der Waals surface area contributed by atoms with E-state index in [0.717, 1.165) is 70.7 Å². The van der Waals surface area contributed by atoms with E-state index in [1.54, 1.807) is 0 Å². The molecule has 1 aromatic heterocycles. The minimum atomic E-state index is -0.360. The SMILES string of the molecule is Cc1cccc(N2CCN(CCc3nc(C4(N)CCCC4)no3)CC2)c1.Cl. The minimum Gasteiger partial charge on any atom is -0.369 e. The summed E-state index contributed by atoms with van der Waals surface area (Å²) in [5, 5.41) is 4.16. The van der Waals surface area contributed by atoms with E-state index in [9.17, 15) is 0 Å². The van der Waals surface area contributed by atoms with Crippen LogP contribution < -0.4 is 10.6 Å². The number of hydrogen-bond donors (Lipinski definition) is 1. The number of piperazine rings is 1. The first kappa shape index (κ1) is 20.1. The third-order valence-corrected chi connectivity index (χ3v) is 5.79. The van der Waals surface area contributed by atoms with E-state index in [2.05, 4.69) is 51.1 Å². The van der Waals surface area contributed by atoms with E-state index in [1.807, 2.05) is 0 Å². The second-order valence-corrected chi connectivity index (χ2v) is 7.79. The molecule has 1 saturated carbocycles. The number of anilines is 1. The predicted molar refractivity (Wildman–Crippen MR) is 109 cm³/mol. The Balaban J connectivity index is 0.00000210. The van der Waals surface area contributed by atoms with Crippen LogP contribution in [-0.2, 0) is 12.0 Å². The number of nitrogens with two attached hydrogens (primary N) is 1.